The van der Waals surface area contributed by atoms with Crippen molar-refractivity contribution in [3.63, 3.8) is 0 Å². The van der Waals surface area contributed by atoms with Gasteiger partial charge in [-0.05, 0) is 36.6 Å². The number of para-hydroxylation sites is 2. The fraction of sp³-hybridized carbons (Fsp3) is 0.261. The highest BCUT2D eigenvalue weighted by Gasteiger charge is 2.26. The lowest BCUT2D eigenvalue weighted by Gasteiger charge is -2.18. The number of nitrogens with zero attached hydrogens (tertiary/aromatic N) is 1. The van der Waals surface area contributed by atoms with Crippen LogP contribution in [0.15, 0.2) is 54.7 Å². The first-order chi connectivity index (χ1) is 14.6. The number of hydrogen-bond donors (Lipinski definition) is 2. The van der Waals surface area contributed by atoms with Gasteiger partial charge in [0.05, 0.1) is 11.3 Å². The maximum atomic E-state index is 12.5. The molecule has 0 saturated carbocycles. The molecule has 7 heteroatoms. The van der Waals surface area contributed by atoms with Gasteiger partial charge < -0.3 is 19.9 Å². The number of aromatic nitrogens is 1. The van der Waals surface area contributed by atoms with E-state index in [4.69, 9.17) is 4.74 Å². The molecule has 2 aromatic carbocycles. The molecule has 1 aliphatic heterocycles. The molecule has 154 valence electrons. The smallest absolute Gasteiger partial charge is 0.340 e. The Morgan fingerprint density at radius 3 is 2.73 bits per heavy atom. The van der Waals surface area contributed by atoms with Crippen LogP contribution in [0.25, 0.3) is 10.9 Å². The third kappa shape index (κ3) is 4.20. The summed E-state index contributed by atoms with van der Waals surface area (Å²) in [6, 6.07) is 14.8. The number of esters is 1. The van der Waals surface area contributed by atoms with Crippen molar-refractivity contribution >= 4 is 34.4 Å². The van der Waals surface area contributed by atoms with Gasteiger partial charge in [0.25, 0.3) is 5.91 Å². The molecule has 0 atom stereocenters. The van der Waals surface area contributed by atoms with E-state index in [-0.39, 0.29) is 18.4 Å². The summed E-state index contributed by atoms with van der Waals surface area (Å²) in [4.78, 5) is 41.4. The molecule has 2 heterocycles. The fourth-order valence-corrected chi connectivity index (χ4v) is 3.72. The number of anilines is 1. The summed E-state index contributed by atoms with van der Waals surface area (Å²) in [7, 11) is 0. The zero-order valence-electron chi connectivity index (χ0n) is 16.5. The first kappa shape index (κ1) is 19.7. The molecule has 0 spiro atoms. The van der Waals surface area contributed by atoms with Crippen LogP contribution in [0.4, 0.5) is 5.69 Å². The molecule has 7 nitrogen and oxygen atoms in total. The summed E-state index contributed by atoms with van der Waals surface area (Å²) in [5.41, 5.74) is 3.00. The Morgan fingerprint density at radius 2 is 1.90 bits per heavy atom. The Hall–Kier alpha value is -3.61. The summed E-state index contributed by atoms with van der Waals surface area (Å²) in [6.07, 6.45) is 3.85. The van der Waals surface area contributed by atoms with Gasteiger partial charge in [-0.2, -0.15) is 0 Å². The number of hydrogen-bond acceptors (Lipinski definition) is 4. The van der Waals surface area contributed by atoms with Crippen molar-refractivity contribution in [1.82, 2.24) is 10.3 Å². The molecular weight excluding hydrogens is 382 g/mol. The number of nitrogens with one attached hydrogen (secondary N) is 2. The second kappa shape index (κ2) is 8.82. The number of ether oxygens (including phenoxy) is 1. The van der Waals surface area contributed by atoms with Crippen LogP contribution in [0.5, 0.6) is 0 Å². The van der Waals surface area contributed by atoms with E-state index in [1.165, 1.54) is 0 Å². The number of amides is 2. The molecule has 0 aliphatic carbocycles. The van der Waals surface area contributed by atoms with Gasteiger partial charge in [0.2, 0.25) is 5.91 Å². The van der Waals surface area contributed by atoms with Crippen LogP contribution in [-0.2, 0) is 20.7 Å². The number of benzene rings is 2. The Balaban J connectivity index is 1.29. The molecular formula is C23H23N3O4. The van der Waals surface area contributed by atoms with Crippen molar-refractivity contribution in [1.29, 1.82) is 0 Å². The van der Waals surface area contributed by atoms with E-state index in [1.807, 2.05) is 30.5 Å². The highest BCUT2D eigenvalue weighted by atomic mass is 16.5. The van der Waals surface area contributed by atoms with Gasteiger partial charge in [0, 0.05) is 36.6 Å². The minimum absolute atomic E-state index is 0.00901. The van der Waals surface area contributed by atoms with E-state index in [0.717, 1.165) is 22.9 Å². The summed E-state index contributed by atoms with van der Waals surface area (Å²) >= 11 is 0. The van der Waals surface area contributed by atoms with E-state index in [1.54, 1.807) is 29.2 Å². The van der Waals surface area contributed by atoms with E-state index < -0.39 is 5.97 Å². The monoisotopic (exact) mass is 405 g/mol. The fourth-order valence-electron chi connectivity index (χ4n) is 3.72. The van der Waals surface area contributed by atoms with Crippen molar-refractivity contribution in [3.8, 4) is 0 Å². The minimum Gasteiger partial charge on any atom is -0.452 e. The molecule has 2 N–H and O–H groups in total. The lowest BCUT2D eigenvalue weighted by Crippen LogP contribution is -2.31. The van der Waals surface area contributed by atoms with Crippen LogP contribution < -0.4 is 10.2 Å². The second-order valence-electron chi connectivity index (χ2n) is 7.20. The van der Waals surface area contributed by atoms with Crippen molar-refractivity contribution in [2.45, 2.75) is 19.3 Å². The number of carbonyl (C=O) groups is 3. The molecule has 1 aromatic heterocycles. The molecule has 0 radical (unpaired) electrons. The first-order valence-electron chi connectivity index (χ1n) is 10.0. The number of fused-ring (bicyclic) bond motifs is 1. The Labute approximate surface area is 174 Å². The average molecular weight is 405 g/mol. The zero-order valence-corrected chi connectivity index (χ0v) is 16.5. The third-order valence-electron chi connectivity index (χ3n) is 5.21. The van der Waals surface area contributed by atoms with Gasteiger partial charge >= 0.3 is 5.97 Å². The SMILES string of the molecule is O=C(COC(=O)c1ccccc1N1CCCC1=O)NCCc1c[nH]c2ccccc12. The summed E-state index contributed by atoms with van der Waals surface area (Å²) in [6.45, 7) is 0.656. The van der Waals surface area contributed by atoms with E-state index in [0.29, 0.717) is 37.2 Å². The first-order valence-corrected chi connectivity index (χ1v) is 10.0. The Morgan fingerprint density at radius 1 is 1.10 bits per heavy atom. The second-order valence-corrected chi connectivity index (χ2v) is 7.20. The summed E-state index contributed by atoms with van der Waals surface area (Å²) in [5, 5.41) is 3.91. The maximum Gasteiger partial charge on any atom is 0.340 e. The van der Waals surface area contributed by atoms with Crippen molar-refractivity contribution in [3.05, 3.63) is 65.9 Å². The van der Waals surface area contributed by atoms with Gasteiger partial charge in [-0.15, -0.1) is 0 Å². The molecule has 0 unspecified atom stereocenters. The molecule has 1 saturated heterocycles. The summed E-state index contributed by atoms with van der Waals surface area (Å²) in [5.74, 6) is -0.986. The molecule has 4 rings (SSSR count). The molecule has 0 bridgehead atoms. The largest absolute Gasteiger partial charge is 0.452 e. The predicted octanol–water partition coefficient (Wildman–Crippen LogP) is 2.81. The van der Waals surface area contributed by atoms with Gasteiger partial charge in [-0.25, -0.2) is 4.79 Å². The molecule has 30 heavy (non-hydrogen) atoms. The standard InChI is InChI=1S/C23H23N3O4/c27-21(24-12-11-16-14-25-19-8-3-1-6-17(16)19)15-30-23(29)18-7-2-4-9-20(18)26-13-5-10-22(26)28/h1-4,6-9,14,25H,5,10-13,15H2,(H,24,27). The van der Waals surface area contributed by atoms with Crippen LogP contribution in [0, 0.1) is 0 Å². The highest BCUT2D eigenvalue weighted by Crippen LogP contribution is 2.26. The Bertz CT molecular complexity index is 1090. The molecule has 3 aromatic rings. The van der Waals surface area contributed by atoms with Crippen LogP contribution in [0.3, 0.4) is 0 Å². The average Bonchev–Trinajstić information content (AvgIpc) is 3.38. The van der Waals surface area contributed by atoms with Crippen LogP contribution >= 0.6 is 0 Å². The number of carbonyl (C=O) groups excluding carboxylic acids is 3. The number of aromatic amines is 1. The van der Waals surface area contributed by atoms with Gasteiger partial charge in [0.15, 0.2) is 6.61 Å². The van der Waals surface area contributed by atoms with Crippen molar-refractivity contribution in [2.75, 3.05) is 24.6 Å². The quantitative estimate of drug-likeness (QED) is 0.592. The van der Waals surface area contributed by atoms with Gasteiger partial charge in [0.1, 0.15) is 0 Å². The van der Waals surface area contributed by atoms with E-state index in [9.17, 15) is 14.4 Å². The van der Waals surface area contributed by atoms with Crippen LogP contribution in [-0.4, -0.2) is 42.5 Å². The van der Waals surface area contributed by atoms with Crippen molar-refractivity contribution < 1.29 is 19.1 Å². The van der Waals surface area contributed by atoms with Crippen LogP contribution in [0.2, 0.25) is 0 Å². The van der Waals surface area contributed by atoms with Gasteiger partial charge in [-0.1, -0.05) is 30.3 Å². The van der Waals surface area contributed by atoms with Crippen molar-refractivity contribution in [2.24, 2.45) is 0 Å². The van der Waals surface area contributed by atoms with E-state index in [2.05, 4.69) is 10.3 Å². The normalized spacial score (nSPS) is 13.6. The minimum atomic E-state index is -0.614. The lowest BCUT2D eigenvalue weighted by atomic mass is 10.1. The number of rotatable bonds is 7. The number of H-pyrrole nitrogens is 1. The molecule has 2 amide bonds. The zero-order chi connectivity index (χ0) is 20.9. The van der Waals surface area contributed by atoms with Crippen LogP contribution in [0.1, 0.15) is 28.8 Å². The van der Waals surface area contributed by atoms with Gasteiger partial charge in [-0.3, -0.25) is 9.59 Å². The highest BCUT2D eigenvalue weighted by molar-refractivity contribution is 6.03. The maximum absolute atomic E-state index is 12.5. The third-order valence-corrected chi connectivity index (χ3v) is 5.21. The van der Waals surface area contributed by atoms with E-state index >= 15 is 0 Å². The Kier molecular flexibility index (Phi) is 5.79. The summed E-state index contributed by atoms with van der Waals surface area (Å²) < 4.78 is 5.19. The molecule has 1 aliphatic rings. The molecule has 1 fully saturated rings. The lowest BCUT2D eigenvalue weighted by molar-refractivity contribution is -0.124. The predicted molar refractivity (Wildman–Crippen MR) is 113 cm³/mol. The topological polar surface area (TPSA) is 91.5 Å².